The minimum Gasteiger partial charge on any atom is -0.456 e. The molecule has 8 aromatic carbocycles. The lowest BCUT2D eigenvalue weighted by Crippen LogP contribution is -2.11. The summed E-state index contributed by atoms with van der Waals surface area (Å²) >= 11 is 0. The summed E-state index contributed by atoms with van der Waals surface area (Å²) in [5.41, 5.74) is 9.74. The lowest BCUT2D eigenvalue weighted by Gasteiger charge is -2.29. The highest BCUT2D eigenvalue weighted by atomic mass is 16.3. The first-order chi connectivity index (χ1) is 22.8. The van der Waals surface area contributed by atoms with Crippen LogP contribution in [0.4, 0.5) is 17.1 Å². The molecule has 0 aliphatic heterocycles. The molecule has 0 radical (unpaired) electrons. The van der Waals surface area contributed by atoms with Crippen LogP contribution in [0.1, 0.15) is 0 Å². The Morgan fingerprint density at radius 1 is 0.370 bits per heavy atom. The van der Waals surface area contributed by atoms with Gasteiger partial charge < -0.3 is 9.32 Å². The zero-order valence-electron chi connectivity index (χ0n) is 25.1. The fraction of sp³-hybridized carbons (Fsp3) is 0. The Balaban J connectivity index is 1.36. The van der Waals surface area contributed by atoms with Gasteiger partial charge in [-0.15, -0.1) is 0 Å². The van der Waals surface area contributed by atoms with Crippen molar-refractivity contribution in [2.45, 2.75) is 0 Å². The van der Waals surface area contributed by atoms with Crippen LogP contribution in [0.25, 0.3) is 65.7 Å². The molecule has 2 heteroatoms. The predicted octanol–water partition coefficient (Wildman–Crippen LogP) is 12.7. The molecule has 0 fully saturated rings. The molecule has 0 amide bonds. The van der Waals surface area contributed by atoms with Crippen molar-refractivity contribution in [3.63, 3.8) is 0 Å². The van der Waals surface area contributed by atoms with E-state index in [0.29, 0.717) is 0 Å². The largest absolute Gasteiger partial charge is 0.456 e. The molecule has 9 aromatic rings. The molecular weight excluding hydrogens is 558 g/mol. The van der Waals surface area contributed by atoms with Crippen molar-refractivity contribution in [3.8, 4) is 22.3 Å². The number of benzene rings is 8. The predicted molar refractivity (Wildman–Crippen MR) is 194 cm³/mol. The smallest absolute Gasteiger partial charge is 0.137 e. The molecule has 0 bridgehead atoms. The number of fused-ring (bicyclic) bond motifs is 6. The van der Waals surface area contributed by atoms with Crippen LogP contribution >= 0.6 is 0 Å². The Morgan fingerprint density at radius 3 is 1.85 bits per heavy atom. The number of rotatable bonds is 5. The van der Waals surface area contributed by atoms with Gasteiger partial charge in [0, 0.05) is 33.8 Å². The average molecular weight is 588 g/mol. The van der Waals surface area contributed by atoms with Gasteiger partial charge in [0.1, 0.15) is 11.2 Å². The molecule has 216 valence electrons. The van der Waals surface area contributed by atoms with Gasteiger partial charge in [-0.2, -0.15) is 0 Å². The summed E-state index contributed by atoms with van der Waals surface area (Å²) in [6.07, 6.45) is 0. The number of para-hydroxylation sites is 2. The van der Waals surface area contributed by atoms with Gasteiger partial charge in [-0.25, -0.2) is 0 Å². The standard InChI is InChI=1S/C44H29NO/c1-3-14-30(15-4-1)44-39(40-28-31-16-7-8-19-34(31)35-20-9-10-21-36(35)40)23-13-24-41(44)45(32-17-5-2-6-18-32)33-26-27-38-37-22-11-12-25-42(37)46-43(38)29-33/h1-29H. The van der Waals surface area contributed by atoms with Crippen molar-refractivity contribution < 1.29 is 4.42 Å². The van der Waals surface area contributed by atoms with Crippen molar-refractivity contribution in [3.05, 3.63) is 176 Å². The van der Waals surface area contributed by atoms with Gasteiger partial charge in [0.05, 0.1) is 5.69 Å². The second-order valence-corrected chi connectivity index (χ2v) is 11.7. The first-order valence-corrected chi connectivity index (χ1v) is 15.7. The Morgan fingerprint density at radius 2 is 1.02 bits per heavy atom. The van der Waals surface area contributed by atoms with Gasteiger partial charge in [-0.1, -0.05) is 127 Å². The van der Waals surface area contributed by atoms with E-state index in [1.807, 2.05) is 12.1 Å². The van der Waals surface area contributed by atoms with Gasteiger partial charge in [-0.05, 0) is 80.7 Å². The van der Waals surface area contributed by atoms with Crippen molar-refractivity contribution in [1.82, 2.24) is 0 Å². The average Bonchev–Trinajstić information content (AvgIpc) is 3.50. The van der Waals surface area contributed by atoms with Crippen LogP contribution in [0.3, 0.4) is 0 Å². The van der Waals surface area contributed by atoms with Crippen molar-refractivity contribution >= 4 is 60.5 Å². The second-order valence-electron chi connectivity index (χ2n) is 11.7. The Hall–Kier alpha value is -6.12. The number of anilines is 3. The van der Waals surface area contributed by atoms with Gasteiger partial charge >= 0.3 is 0 Å². The van der Waals surface area contributed by atoms with Crippen LogP contribution in [-0.2, 0) is 0 Å². The molecule has 1 aromatic heterocycles. The van der Waals surface area contributed by atoms with Gasteiger partial charge in [0.25, 0.3) is 0 Å². The van der Waals surface area contributed by atoms with Crippen LogP contribution in [0.5, 0.6) is 0 Å². The third-order valence-corrected chi connectivity index (χ3v) is 9.04. The summed E-state index contributed by atoms with van der Waals surface area (Å²) in [6.45, 7) is 0. The zero-order valence-corrected chi connectivity index (χ0v) is 25.1. The Bertz CT molecular complexity index is 2530. The summed E-state index contributed by atoms with van der Waals surface area (Å²) in [5, 5.41) is 7.25. The molecule has 0 saturated carbocycles. The fourth-order valence-corrected chi connectivity index (χ4v) is 6.99. The summed E-state index contributed by atoms with van der Waals surface area (Å²) < 4.78 is 6.39. The lowest BCUT2D eigenvalue weighted by molar-refractivity contribution is 0.669. The van der Waals surface area contributed by atoms with E-state index in [1.54, 1.807) is 0 Å². The summed E-state index contributed by atoms with van der Waals surface area (Å²) in [5.74, 6) is 0. The molecule has 0 aliphatic carbocycles. The van der Waals surface area contributed by atoms with E-state index in [0.717, 1.165) is 44.6 Å². The van der Waals surface area contributed by atoms with Gasteiger partial charge in [0.2, 0.25) is 0 Å². The van der Waals surface area contributed by atoms with Crippen molar-refractivity contribution in [2.75, 3.05) is 4.90 Å². The molecule has 0 spiro atoms. The quantitative estimate of drug-likeness (QED) is 0.186. The first-order valence-electron chi connectivity index (χ1n) is 15.7. The molecule has 0 aliphatic rings. The fourth-order valence-electron chi connectivity index (χ4n) is 6.99. The minimum atomic E-state index is 0.873. The molecule has 0 saturated heterocycles. The molecule has 0 atom stereocenters. The zero-order chi connectivity index (χ0) is 30.5. The topological polar surface area (TPSA) is 16.4 Å². The normalized spacial score (nSPS) is 11.5. The highest BCUT2D eigenvalue weighted by molar-refractivity contribution is 6.15. The van der Waals surface area contributed by atoms with E-state index in [9.17, 15) is 0 Å². The SMILES string of the molecule is c1ccc(-c2c(-c3cc4ccccc4c4ccccc34)cccc2N(c2ccccc2)c2ccc3c(c2)oc2ccccc23)cc1. The van der Waals surface area contributed by atoms with E-state index < -0.39 is 0 Å². The minimum absolute atomic E-state index is 0.873. The van der Waals surface area contributed by atoms with Crippen LogP contribution in [0.15, 0.2) is 180 Å². The third-order valence-electron chi connectivity index (χ3n) is 9.04. The van der Waals surface area contributed by atoms with E-state index in [1.165, 1.54) is 38.2 Å². The molecule has 2 nitrogen and oxygen atoms in total. The van der Waals surface area contributed by atoms with Crippen LogP contribution < -0.4 is 4.90 Å². The summed E-state index contributed by atoms with van der Waals surface area (Å²) in [7, 11) is 0. The lowest BCUT2D eigenvalue weighted by atomic mass is 9.87. The van der Waals surface area contributed by atoms with Crippen molar-refractivity contribution in [2.24, 2.45) is 0 Å². The number of nitrogens with zero attached hydrogens (tertiary/aromatic N) is 1. The maximum Gasteiger partial charge on any atom is 0.137 e. The number of hydrogen-bond donors (Lipinski definition) is 0. The van der Waals surface area contributed by atoms with Crippen LogP contribution in [0.2, 0.25) is 0 Å². The maximum absolute atomic E-state index is 6.39. The highest BCUT2D eigenvalue weighted by Gasteiger charge is 2.22. The van der Waals surface area contributed by atoms with E-state index in [4.69, 9.17) is 4.42 Å². The van der Waals surface area contributed by atoms with Gasteiger partial charge in [-0.3, -0.25) is 0 Å². The maximum atomic E-state index is 6.39. The highest BCUT2D eigenvalue weighted by Crippen LogP contribution is 2.48. The first kappa shape index (κ1) is 26.3. The number of furan rings is 1. The second kappa shape index (κ2) is 10.8. The molecule has 0 N–H and O–H groups in total. The molecular formula is C44H29NO. The summed E-state index contributed by atoms with van der Waals surface area (Å²) in [6, 6.07) is 62.8. The monoisotopic (exact) mass is 587 g/mol. The summed E-state index contributed by atoms with van der Waals surface area (Å²) in [4.78, 5) is 2.36. The van der Waals surface area contributed by atoms with Crippen LogP contribution in [0, 0.1) is 0 Å². The number of hydrogen-bond acceptors (Lipinski definition) is 2. The molecule has 1 heterocycles. The van der Waals surface area contributed by atoms with E-state index in [2.05, 4.69) is 169 Å². The van der Waals surface area contributed by atoms with E-state index in [-0.39, 0.29) is 0 Å². The third kappa shape index (κ3) is 4.27. The van der Waals surface area contributed by atoms with Gasteiger partial charge in [0.15, 0.2) is 0 Å². The van der Waals surface area contributed by atoms with Crippen LogP contribution in [-0.4, -0.2) is 0 Å². The molecule has 9 rings (SSSR count). The molecule has 46 heavy (non-hydrogen) atoms. The Kier molecular flexibility index (Phi) is 6.17. The van der Waals surface area contributed by atoms with E-state index >= 15 is 0 Å². The van der Waals surface area contributed by atoms with Crippen molar-refractivity contribution in [1.29, 1.82) is 0 Å². The Labute approximate surface area is 267 Å². The molecule has 0 unspecified atom stereocenters.